The molecule has 1 saturated heterocycles. The Morgan fingerprint density at radius 1 is 0.778 bits per heavy atom. The third-order valence-corrected chi connectivity index (χ3v) is 13.7. The first-order valence-electron chi connectivity index (χ1n) is 15.1. The van der Waals surface area contributed by atoms with Gasteiger partial charge in [0.25, 0.3) is 0 Å². The first kappa shape index (κ1) is 31.4. The molecule has 0 unspecified atom stereocenters. The fourth-order valence-corrected chi connectivity index (χ4v) is 9.97. The molecule has 0 atom stereocenters. The van der Waals surface area contributed by atoms with E-state index >= 15 is 0 Å². The van der Waals surface area contributed by atoms with Crippen LogP contribution < -0.4 is 14.4 Å². The van der Waals surface area contributed by atoms with Crippen LogP contribution in [0.1, 0.15) is 50.7 Å². The molecule has 1 heterocycles. The Bertz CT molecular complexity index is 1870. The molecule has 1 aliphatic heterocycles. The highest BCUT2D eigenvalue weighted by Gasteiger charge is 2.37. The summed E-state index contributed by atoms with van der Waals surface area (Å²) >= 11 is 0. The van der Waals surface area contributed by atoms with Gasteiger partial charge in [0, 0.05) is 43.4 Å². The van der Waals surface area contributed by atoms with Crippen LogP contribution in [0.25, 0.3) is 11.1 Å². The second-order valence-corrected chi connectivity index (χ2v) is 16.9. The molecule has 2 aliphatic carbocycles. The van der Waals surface area contributed by atoms with Crippen molar-refractivity contribution in [3.05, 3.63) is 65.7 Å². The first-order chi connectivity index (χ1) is 21.4. The van der Waals surface area contributed by atoms with Crippen LogP contribution >= 0.6 is 0 Å². The van der Waals surface area contributed by atoms with E-state index in [1.165, 1.54) is 10.4 Å². The minimum Gasteiger partial charge on any atom is -0.497 e. The highest BCUT2D eigenvalue weighted by molar-refractivity contribution is 7.92. The molecule has 0 radical (unpaired) electrons. The molecule has 0 bridgehead atoms. The predicted octanol–water partition coefficient (Wildman–Crippen LogP) is 5.16. The summed E-state index contributed by atoms with van der Waals surface area (Å²) in [5.41, 5.74) is 3.44. The molecular formula is C33H39N3O7S2. The quantitative estimate of drug-likeness (QED) is 0.214. The van der Waals surface area contributed by atoms with Gasteiger partial charge in [-0.15, -0.1) is 0 Å². The van der Waals surface area contributed by atoms with Crippen molar-refractivity contribution in [1.82, 2.24) is 4.31 Å². The van der Waals surface area contributed by atoms with Crippen LogP contribution in [0.4, 0.5) is 5.69 Å². The molecule has 1 saturated carbocycles. The number of anilines is 1. The third kappa shape index (κ3) is 5.57. The summed E-state index contributed by atoms with van der Waals surface area (Å²) in [5.74, 6) is 1.36. The van der Waals surface area contributed by atoms with Crippen LogP contribution in [-0.2, 0) is 19.9 Å². The maximum atomic E-state index is 13.8. The van der Waals surface area contributed by atoms with E-state index in [4.69, 9.17) is 9.47 Å². The van der Waals surface area contributed by atoms with Gasteiger partial charge in [-0.3, -0.25) is 0 Å². The number of rotatable bonds is 7. The van der Waals surface area contributed by atoms with Crippen molar-refractivity contribution in [1.29, 1.82) is 0 Å². The van der Waals surface area contributed by atoms with Crippen LogP contribution in [0.15, 0.2) is 69.5 Å². The van der Waals surface area contributed by atoms with E-state index in [9.17, 15) is 22.0 Å². The molecule has 0 amide bonds. The summed E-state index contributed by atoms with van der Waals surface area (Å²) in [7, 11) is -4.27. The van der Waals surface area contributed by atoms with E-state index < -0.39 is 25.1 Å². The molecule has 12 heteroatoms. The standard InChI is InChI=1S/C33H39N3O7S2/c1-33(2)13-11-23(12-14-33)44(38,39)24-6-8-26-27-9-7-25(21-29(27)32(34-37)28(26)20-24)45(40,41)36-17-15-35(16-18-36)30-19-22(42-3)5-10-31(30)43-4/h5-10,19-21,23,37H,11-18H2,1-4H3/b34-32+. The Hall–Kier alpha value is -3.61. The zero-order chi connectivity index (χ0) is 32.1. The minimum atomic E-state index is -3.87. The Labute approximate surface area is 265 Å². The maximum Gasteiger partial charge on any atom is 0.243 e. The van der Waals surface area contributed by atoms with Crippen molar-refractivity contribution in [2.24, 2.45) is 10.6 Å². The number of hydrogen-bond acceptors (Lipinski definition) is 9. The monoisotopic (exact) mass is 653 g/mol. The molecule has 1 N–H and O–H groups in total. The van der Waals surface area contributed by atoms with Crippen LogP contribution in [0.5, 0.6) is 11.5 Å². The Balaban J connectivity index is 1.23. The molecule has 0 spiro atoms. The van der Waals surface area contributed by atoms with Crippen LogP contribution in [-0.4, -0.2) is 77.7 Å². The van der Waals surface area contributed by atoms with Gasteiger partial charge in [-0.25, -0.2) is 16.8 Å². The Morgan fingerprint density at radius 3 is 1.96 bits per heavy atom. The van der Waals surface area contributed by atoms with Gasteiger partial charge in [-0.1, -0.05) is 31.1 Å². The number of benzene rings is 3. The number of ether oxygens (including phenoxy) is 2. The number of methoxy groups -OCH3 is 2. The lowest BCUT2D eigenvalue weighted by molar-refractivity contribution is 0.246. The van der Waals surface area contributed by atoms with Gasteiger partial charge >= 0.3 is 0 Å². The fraction of sp³-hybridized carbons (Fsp3) is 0.424. The molecule has 10 nitrogen and oxygen atoms in total. The van der Waals surface area contributed by atoms with Gasteiger partial charge in [0.2, 0.25) is 10.0 Å². The SMILES string of the molecule is COc1ccc(OC)c(N2CCN(S(=O)(=O)c3ccc4c(c3)/C(=N/O)c3cc(S(=O)(=O)C5CCC(C)(C)CC5)ccc3-4)CC2)c1. The molecule has 3 aliphatic rings. The molecule has 3 aromatic rings. The summed E-state index contributed by atoms with van der Waals surface area (Å²) in [4.78, 5) is 2.35. The van der Waals surface area contributed by atoms with E-state index in [1.54, 1.807) is 44.6 Å². The largest absolute Gasteiger partial charge is 0.497 e. The molecule has 2 fully saturated rings. The summed E-state index contributed by atoms with van der Waals surface area (Å²) in [6.07, 6.45) is 2.91. The average Bonchev–Trinajstić information content (AvgIpc) is 3.36. The van der Waals surface area contributed by atoms with Crippen molar-refractivity contribution in [3.63, 3.8) is 0 Å². The number of sulfone groups is 1. The van der Waals surface area contributed by atoms with Crippen LogP contribution in [0.2, 0.25) is 0 Å². The fourth-order valence-electron chi connectivity index (χ4n) is 6.74. The van der Waals surface area contributed by atoms with Gasteiger partial charge < -0.3 is 19.6 Å². The number of piperazine rings is 1. The average molecular weight is 654 g/mol. The van der Waals surface area contributed by atoms with Crippen molar-refractivity contribution in [2.75, 3.05) is 45.3 Å². The third-order valence-electron chi connectivity index (χ3n) is 9.54. The van der Waals surface area contributed by atoms with Gasteiger partial charge in [-0.05, 0) is 78.6 Å². The van der Waals surface area contributed by atoms with Crippen LogP contribution in [0.3, 0.4) is 0 Å². The highest BCUT2D eigenvalue weighted by Crippen LogP contribution is 2.43. The van der Waals surface area contributed by atoms with Crippen molar-refractivity contribution in [2.45, 2.75) is 54.6 Å². The molecule has 45 heavy (non-hydrogen) atoms. The Morgan fingerprint density at radius 2 is 1.38 bits per heavy atom. The highest BCUT2D eigenvalue weighted by atomic mass is 32.2. The number of sulfonamides is 1. The van der Waals surface area contributed by atoms with Crippen molar-refractivity contribution in [3.8, 4) is 22.6 Å². The summed E-state index contributed by atoms with van der Waals surface area (Å²) in [5, 5.41) is 13.1. The summed E-state index contributed by atoms with van der Waals surface area (Å²) in [6.45, 7) is 5.78. The normalized spacial score (nSPS) is 19.7. The van der Waals surface area contributed by atoms with Gasteiger partial charge in [0.15, 0.2) is 9.84 Å². The summed E-state index contributed by atoms with van der Waals surface area (Å²) < 4.78 is 67.2. The number of oxime groups is 1. The van der Waals surface area contributed by atoms with E-state index in [1.807, 2.05) is 18.2 Å². The summed E-state index contributed by atoms with van der Waals surface area (Å²) in [6, 6.07) is 15.2. The minimum absolute atomic E-state index is 0.0836. The molecule has 6 rings (SSSR count). The van der Waals surface area contributed by atoms with Gasteiger partial charge in [0.05, 0.1) is 34.9 Å². The van der Waals surface area contributed by atoms with E-state index in [0.717, 1.165) is 18.5 Å². The maximum absolute atomic E-state index is 13.8. The lowest BCUT2D eigenvalue weighted by Gasteiger charge is -2.36. The zero-order valence-corrected chi connectivity index (χ0v) is 27.6. The topological polar surface area (TPSA) is 126 Å². The van der Waals surface area contributed by atoms with E-state index in [-0.39, 0.29) is 34.0 Å². The van der Waals surface area contributed by atoms with Crippen molar-refractivity contribution < 1.29 is 31.5 Å². The number of fused-ring (bicyclic) bond motifs is 3. The first-order valence-corrected chi connectivity index (χ1v) is 18.1. The number of hydrogen-bond donors (Lipinski definition) is 1. The molecule has 0 aromatic heterocycles. The lowest BCUT2D eigenvalue weighted by Crippen LogP contribution is -2.48. The molecule has 240 valence electrons. The van der Waals surface area contributed by atoms with E-state index in [0.29, 0.717) is 59.7 Å². The lowest BCUT2D eigenvalue weighted by atomic mass is 9.77. The smallest absolute Gasteiger partial charge is 0.243 e. The zero-order valence-electron chi connectivity index (χ0n) is 26.0. The predicted molar refractivity (Wildman–Crippen MR) is 173 cm³/mol. The Kier molecular flexibility index (Phi) is 8.11. The van der Waals surface area contributed by atoms with Gasteiger partial charge in [0.1, 0.15) is 17.2 Å². The van der Waals surface area contributed by atoms with Crippen molar-refractivity contribution >= 4 is 31.3 Å². The van der Waals surface area contributed by atoms with Gasteiger partial charge in [-0.2, -0.15) is 4.31 Å². The second kappa shape index (κ2) is 11.6. The number of nitrogens with zero attached hydrogens (tertiary/aromatic N) is 3. The van der Waals surface area contributed by atoms with E-state index in [2.05, 4.69) is 23.9 Å². The van der Waals surface area contributed by atoms with Crippen LogP contribution in [0, 0.1) is 5.41 Å². The second-order valence-electron chi connectivity index (χ2n) is 12.7. The molecular weight excluding hydrogens is 615 g/mol. The molecule has 3 aromatic carbocycles.